The van der Waals surface area contributed by atoms with Crippen LogP contribution < -0.4 is 11.1 Å². The van der Waals surface area contributed by atoms with Crippen molar-refractivity contribution in [3.63, 3.8) is 0 Å². The number of amides is 1. The van der Waals surface area contributed by atoms with E-state index in [2.05, 4.69) is 15.6 Å². The summed E-state index contributed by atoms with van der Waals surface area (Å²) in [7, 11) is 1.84. The minimum Gasteiger partial charge on any atom is -0.409 e. The first-order valence-corrected chi connectivity index (χ1v) is 6.91. The summed E-state index contributed by atoms with van der Waals surface area (Å²) >= 11 is 0. The Labute approximate surface area is 122 Å². The third-order valence-corrected chi connectivity index (χ3v) is 3.81. The smallest absolute Gasteiger partial charge is 0.234 e. The highest BCUT2D eigenvalue weighted by Crippen LogP contribution is 2.31. The second-order valence-corrected chi connectivity index (χ2v) is 5.17. The Morgan fingerprint density at radius 1 is 1.62 bits per heavy atom. The lowest BCUT2D eigenvalue weighted by atomic mass is 9.78. The van der Waals surface area contributed by atoms with E-state index in [0.717, 1.165) is 5.69 Å². The summed E-state index contributed by atoms with van der Waals surface area (Å²) in [6.45, 7) is 1.30. The number of hydrogen-bond donors (Lipinski definition) is 3. The maximum Gasteiger partial charge on any atom is 0.234 e. The summed E-state index contributed by atoms with van der Waals surface area (Å²) in [5, 5.41) is 19.1. The van der Waals surface area contributed by atoms with Gasteiger partial charge in [-0.25, -0.2) is 0 Å². The fourth-order valence-electron chi connectivity index (χ4n) is 2.48. The van der Waals surface area contributed by atoms with Crippen LogP contribution in [-0.4, -0.2) is 46.5 Å². The van der Waals surface area contributed by atoms with E-state index < -0.39 is 5.41 Å². The molecule has 0 atom stereocenters. The predicted molar refractivity (Wildman–Crippen MR) is 75.8 cm³/mol. The van der Waals surface area contributed by atoms with Crippen molar-refractivity contribution in [1.82, 2.24) is 15.1 Å². The van der Waals surface area contributed by atoms with Gasteiger partial charge in [-0.15, -0.1) is 0 Å². The van der Waals surface area contributed by atoms with Gasteiger partial charge in [0.25, 0.3) is 0 Å². The number of nitrogens with one attached hydrogen (secondary N) is 1. The Morgan fingerprint density at radius 2 is 2.33 bits per heavy atom. The zero-order valence-electron chi connectivity index (χ0n) is 12.1. The largest absolute Gasteiger partial charge is 0.409 e. The van der Waals surface area contributed by atoms with E-state index in [9.17, 15) is 4.79 Å². The first-order valence-electron chi connectivity index (χ1n) is 6.91. The second-order valence-electron chi connectivity index (χ2n) is 5.17. The lowest BCUT2D eigenvalue weighted by Gasteiger charge is -2.34. The molecule has 1 amide bonds. The molecule has 21 heavy (non-hydrogen) atoms. The molecule has 2 rings (SSSR count). The summed E-state index contributed by atoms with van der Waals surface area (Å²) < 4.78 is 6.98. The number of carbonyl (C=O) groups excluding carboxylic acids is 1. The van der Waals surface area contributed by atoms with Gasteiger partial charge in [-0.1, -0.05) is 5.16 Å². The molecule has 1 aromatic rings. The molecular weight excluding hydrogens is 274 g/mol. The van der Waals surface area contributed by atoms with Crippen LogP contribution in [0.2, 0.25) is 0 Å². The summed E-state index contributed by atoms with van der Waals surface area (Å²) in [5.74, 6) is -0.279. The Hall–Kier alpha value is -2.09. The molecule has 0 bridgehead atoms. The molecular formula is C13H21N5O3. The molecule has 0 saturated carbocycles. The molecule has 1 aliphatic rings. The van der Waals surface area contributed by atoms with Crippen LogP contribution >= 0.6 is 0 Å². The fraction of sp³-hybridized carbons (Fsp3) is 0.615. The Kier molecular flexibility index (Phi) is 4.79. The van der Waals surface area contributed by atoms with Crippen LogP contribution in [-0.2, 0) is 23.0 Å². The minimum atomic E-state index is -0.975. The lowest BCUT2D eigenvalue weighted by Crippen LogP contribution is -2.53. The van der Waals surface area contributed by atoms with Crippen LogP contribution in [0.3, 0.4) is 0 Å². The van der Waals surface area contributed by atoms with E-state index in [4.69, 9.17) is 15.7 Å². The third-order valence-electron chi connectivity index (χ3n) is 3.81. The number of nitrogens with two attached hydrogens (primary N) is 1. The van der Waals surface area contributed by atoms with E-state index in [1.54, 1.807) is 4.68 Å². The van der Waals surface area contributed by atoms with Gasteiger partial charge in [-0.05, 0) is 18.9 Å². The summed E-state index contributed by atoms with van der Waals surface area (Å²) in [6, 6.07) is 1.90. The molecule has 1 saturated heterocycles. The van der Waals surface area contributed by atoms with Crippen LogP contribution in [0.5, 0.6) is 0 Å². The summed E-state index contributed by atoms with van der Waals surface area (Å²) in [4.78, 5) is 12.5. The first kappa shape index (κ1) is 15.3. The number of carbonyl (C=O) groups is 1. The summed E-state index contributed by atoms with van der Waals surface area (Å²) in [6.07, 6.45) is 3.32. The van der Waals surface area contributed by atoms with Crippen molar-refractivity contribution in [2.45, 2.75) is 19.3 Å². The zero-order chi connectivity index (χ0) is 15.3. The monoisotopic (exact) mass is 295 g/mol. The lowest BCUT2D eigenvalue weighted by molar-refractivity contribution is -0.131. The number of nitrogens with zero attached hydrogens (tertiary/aromatic N) is 3. The number of ether oxygens (including phenoxy) is 1. The highest BCUT2D eigenvalue weighted by Gasteiger charge is 2.44. The van der Waals surface area contributed by atoms with Gasteiger partial charge in [-0.2, -0.15) is 5.10 Å². The van der Waals surface area contributed by atoms with E-state index >= 15 is 0 Å². The average molecular weight is 295 g/mol. The van der Waals surface area contributed by atoms with Gasteiger partial charge in [0.15, 0.2) is 5.84 Å². The molecule has 116 valence electrons. The molecule has 0 aromatic carbocycles. The van der Waals surface area contributed by atoms with Gasteiger partial charge in [0.2, 0.25) is 5.91 Å². The van der Waals surface area contributed by atoms with Crippen molar-refractivity contribution in [3.8, 4) is 0 Å². The van der Waals surface area contributed by atoms with Crippen molar-refractivity contribution < 1.29 is 14.7 Å². The number of rotatable bonds is 5. The van der Waals surface area contributed by atoms with Crippen molar-refractivity contribution in [2.75, 3.05) is 19.8 Å². The number of aromatic nitrogens is 2. The van der Waals surface area contributed by atoms with E-state index in [0.29, 0.717) is 39.0 Å². The Bertz CT molecular complexity index is 520. The number of amidine groups is 1. The third kappa shape index (κ3) is 3.33. The Morgan fingerprint density at radius 3 is 2.90 bits per heavy atom. The maximum absolute atomic E-state index is 12.5. The maximum atomic E-state index is 12.5. The normalized spacial score (nSPS) is 18.4. The molecule has 0 spiro atoms. The van der Waals surface area contributed by atoms with Crippen LogP contribution in [0, 0.1) is 5.41 Å². The van der Waals surface area contributed by atoms with E-state index in [1.165, 1.54) is 0 Å². The van der Waals surface area contributed by atoms with Gasteiger partial charge in [0.1, 0.15) is 5.41 Å². The predicted octanol–water partition coefficient (Wildman–Crippen LogP) is -0.378. The zero-order valence-corrected chi connectivity index (χ0v) is 12.1. The van der Waals surface area contributed by atoms with Crippen molar-refractivity contribution >= 4 is 11.7 Å². The standard InChI is InChI=1S/C13H21N5O3/c1-18-7-3-10(16-18)2-6-15-12(19)13(11(14)17-20)4-8-21-9-5-13/h3,7,20H,2,4-6,8-9H2,1H3,(H2,14,17)(H,15,19). The van der Waals surface area contributed by atoms with Crippen LogP contribution in [0.15, 0.2) is 17.4 Å². The molecule has 4 N–H and O–H groups in total. The van der Waals surface area contributed by atoms with Crippen molar-refractivity contribution in [2.24, 2.45) is 23.4 Å². The quantitative estimate of drug-likeness (QED) is 0.296. The topological polar surface area (TPSA) is 115 Å². The van der Waals surface area contributed by atoms with E-state index in [1.807, 2.05) is 19.3 Å². The molecule has 1 aromatic heterocycles. The van der Waals surface area contributed by atoms with E-state index in [-0.39, 0.29) is 11.7 Å². The molecule has 8 nitrogen and oxygen atoms in total. The highest BCUT2D eigenvalue weighted by atomic mass is 16.5. The van der Waals surface area contributed by atoms with Gasteiger partial charge in [-0.3, -0.25) is 9.48 Å². The van der Waals surface area contributed by atoms with Crippen LogP contribution in [0.1, 0.15) is 18.5 Å². The average Bonchev–Trinajstić information content (AvgIpc) is 2.92. The van der Waals surface area contributed by atoms with Gasteiger partial charge in [0.05, 0.1) is 5.69 Å². The van der Waals surface area contributed by atoms with Gasteiger partial charge < -0.3 is 21.0 Å². The van der Waals surface area contributed by atoms with Crippen LogP contribution in [0.4, 0.5) is 0 Å². The molecule has 2 heterocycles. The Balaban J connectivity index is 1.95. The number of oxime groups is 1. The first-order chi connectivity index (χ1) is 10.1. The SMILES string of the molecule is Cn1ccc(CCNC(=O)C2(/C(N)=N/O)CCOCC2)n1. The van der Waals surface area contributed by atoms with Crippen molar-refractivity contribution in [1.29, 1.82) is 0 Å². The fourth-order valence-corrected chi connectivity index (χ4v) is 2.48. The molecule has 0 aliphatic carbocycles. The second kappa shape index (κ2) is 6.57. The summed E-state index contributed by atoms with van der Waals surface area (Å²) in [5.41, 5.74) is 5.67. The molecule has 8 heteroatoms. The highest BCUT2D eigenvalue weighted by molar-refractivity contribution is 6.06. The number of hydrogen-bond acceptors (Lipinski definition) is 5. The molecule has 1 aliphatic heterocycles. The molecule has 0 unspecified atom stereocenters. The minimum absolute atomic E-state index is 0.0545. The van der Waals surface area contributed by atoms with Crippen molar-refractivity contribution in [3.05, 3.63) is 18.0 Å². The molecule has 0 radical (unpaired) electrons. The number of aryl methyl sites for hydroxylation is 1. The van der Waals surface area contributed by atoms with Gasteiger partial charge in [0, 0.05) is 39.4 Å². The van der Waals surface area contributed by atoms with Crippen LogP contribution in [0.25, 0.3) is 0 Å². The van der Waals surface area contributed by atoms with Gasteiger partial charge >= 0.3 is 0 Å². The molecule has 1 fully saturated rings.